The molecule has 38 heavy (non-hydrogen) atoms. The highest BCUT2D eigenvalue weighted by molar-refractivity contribution is 5.85. The van der Waals surface area contributed by atoms with Crippen molar-refractivity contribution < 1.29 is 26.7 Å². The van der Waals surface area contributed by atoms with E-state index in [-0.39, 0.29) is 49.6 Å². The van der Waals surface area contributed by atoms with Crippen LogP contribution in [0.2, 0.25) is 0 Å². The van der Waals surface area contributed by atoms with E-state index in [0.29, 0.717) is 12.1 Å². The smallest absolute Gasteiger partial charge is 0.243 e. The molecule has 0 saturated carbocycles. The third-order valence-corrected chi connectivity index (χ3v) is 7.81. The number of hydrogen-bond acceptors (Lipinski definition) is 3. The molecule has 3 atom stereocenters. The van der Waals surface area contributed by atoms with Crippen molar-refractivity contribution in [3.8, 4) is 5.75 Å². The molecule has 5 rings (SSSR count). The van der Waals surface area contributed by atoms with Crippen LogP contribution in [0.4, 0.5) is 22.0 Å². The lowest BCUT2D eigenvalue weighted by Gasteiger charge is -2.43. The van der Waals surface area contributed by atoms with E-state index >= 15 is 8.78 Å². The van der Waals surface area contributed by atoms with Gasteiger partial charge >= 0.3 is 0 Å². The molecule has 0 amide bonds. The van der Waals surface area contributed by atoms with Crippen LogP contribution in [0, 0.1) is 17.6 Å². The Hall–Kier alpha value is -2.65. The molecule has 3 heterocycles. The van der Waals surface area contributed by atoms with Gasteiger partial charge in [-0.1, -0.05) is 18.2 Å². The van der Waals surface area contributed by atoms with E-state index in [1.165, 1.54) is 13.8 Å². The molecule has 4 nitrogen and oxygen atoms in total. The van der Waals surface area contributed by atoms with E-state index in [2.05, 4.69) is 4.98 Å². The standard InChI is InChI=1S/C29H34F5N3O/c1-16-9-21-20-7-5-6-8-24(20)35-26(21)27(37(16)15-29(3,4)34)25-22(30)10-19(11-23(25)31)38-14-17(2)36-12-18(13-36)28(32)33/h5-8,10-11,16-18,27-28,35H,9,12-15H2,1-4H3/t16-,17?,27-/m1/s1. The van der Waals surface area contributed by atoms with Crippen molar-refractivity contribution in [3.05, 3.63) is 64.9 Å². The highest BCUT2D eigenvalue weighted by atomic mass is 19.3. The number of para-hydroxylation sites is 1. The largest absolute Gasteiger partial charge is 0.492 e. The van der Waals surface area contributed by atoms with Crippen LogP contribution in [-0.4, -0.2) is 65.2 Å². The van der Waals surface area contributed by atoms with Crippen molar-refractivity contribution in [2.75, 3.05) is 26.2 Å². The molecule has 2 aliphatic heterocycles. The van der Waals surface area contributed by atoms with Crippen molar-refractivity contribution in [3.63, 3.8) is 0 Å². The zero-order valence-electron chi connectivity index (χ0n) is 22.1. The van der Waals surface area contributed by atoms with Gasteiger partial charge in [-0.05, 0) is 45.7 Å². The molecule has 0 aliphatic carbocycles. The second kappa shape index (κ2) is 10.2. The van der Waals surface area contributed by atoms with Crippen LogP contribution in [0.3, 0.4) is 0 Å². The minimum atomic E-state index is -2.35. The lowest BCUT2D eigenvalue weighted by molar-refractivity contribution is -0.0478. The fraction of sp³-hybridized carbons (Fsp3) is 0.517. The molecule has 9 heteroatoms. The monoisotopic (exact) mass is 535 g/mol. The minimum absolute atomic E-state index is 0.00225. The Kier molecular flexibility index (Phi) is 7.20. The average Bonchev–Trinajstić information content (AvgIpc) is 3.15. The highest BCUT2D eigenvalue weighted by Gasteiger charge is 2.41. The first-order valence-electron chi connectivity index (χ1n) is 13.1. The van der Waals surface area contributed by atoms with Crippen molar-refractivity contribution in [2.45, 2.75) is 64.3 Å². The summed E-state index contributed by atoms with van der Waals surface area (Å²) >= 11 is 0. The number of nitrogens with one attached hydrogen (secondary N) is 1. The Morgan fingerprint density at radius 2 is 1.76 bits per heavy atom. The van der Waals surface area contributed by atoms with Gasteiger partial charge in [0.1, 0.15) is 29.7 Å². The fourth-order valence-corrected chi connectivity index (χ4v) is 5.79. The van der Waals surface area contributed by atoms with Crippen LogP contribution in [-0.2, 0) is 6.42 Å². The van der Waals surface area contributed by atoms with Crippen molar-refractivity contribution in [1.29, 1.82) is 0 Å². The summed E-state index contributed by atoms with van der Waals surface area (Å²) in [5.74, 6) is -2.17. The zero-order chi connectivity index (χ0) is 27.4. The second-order valence-electron chi connectivity index (χ2n) is 11.4. The molecule has 1 aromatic heterocycles. The van der Waals surface area contributed by atoms with Gasteiger partial charge in [0.2, 0.25) is 6.43 Å². The number of hydrogen-bond donors (Lipinski definition) is 1. The molecule has 206 valence electrons. The number of benzene rings is 2. The summed E-state index contributed by atoms with van der Waals surface area (Å²) in [5, 5.41) is 0.994. The summed E-state index contributed by atoms with van der Waals surface area (Å²) in [6, 6.07) is 8.85. The van der Waals surface area contributed by atoms with Gasteiger partial charge in [-0.25, -0.2) is 22.0 Å². The maximum atomic E-state index is 15.7. The Morgan fingerprint density at radius 1 is 1.11 bits per heavy atom. The van der Waals surface area contributed by atoms with Gasteiger partial charge in [0.05, 0.1) is 6.04 Å². The first-order valence-corrected chi connectivity index (χ1v) is 13.1. The first-order chi connectivity index (χ1) is 17.9. The van der Waals surface area contributed by atoms with E-state index in [1.807, 2.05) is 47.9 Å². The number of rotatable bonds is 8. The molecule has 2 aromatic carbocycles. The molecule has 1 N–H and O–H groups in total. The number of alkyl halides is 3. The van der Waals surface area contributed by atoms with Crippen LogP contribution in [0.1, 0.15) is 50.6 Å². The van der Waals surface area contributed by atoms with Crippen LogP contribution in [0.15, 0.2) is 36.4 Å². The SMILES string of the molecule is CC(COc1cc(F)c([C@@H]2c3[nH]c4ccccc4c3C[C@@H](C)N2CC(C)(C)F)c(F)c1)N1CC(C(F)F)C1. The molecular formula is C29H34F5N3O. The molecular weight excluding hydrogens is 501 g/mol. The number of H-pyrrole nitrogens is 1. The van der Waals surface area contributed by atoms with Crippen molar-refractivity contribution >= 4 is 10.9 Å². The summed E-state index contributed by atoms with van der Waals surface area (Å²) in [6.07, 6.45) is -1.73. The fourth-order valence-electron chi connectivity index (χ4n) is 5.79. The van der Waals surface area contributed by atoms with Crippen molar-refractivity contribution in [2.24, 2.45) is 5.92 Å². The number of fused-ring (bicyclic) bond motifs is 3. The van der Waals surface area contributed by atoms with E-state index in [1.54, 1.807) is 0 Å². The number of aromatic amines is 1. The third kappa shape index (κ3) is 5.15. The maximum Gasteiger partial charge on any atom is 0.243 e. The molecule has 0 spiro atoms. The van der Waals surface area contributed by atoms with Crippen LogP contribution in [0.5, 0.6) is 5.75 Å². The first kappa shape index (κ1) is 26.9. The van der Waals surface area contributed by atoms with E-state index in [9.17, 15) is 13.2 Å². The highest BCUT2D eigenvalue weighted by Crippen LogP contribution is 2.43. The van der Waals surface area contributed by atoms with Gasteiger partial charge in [-0.15, -0.1) is 0 Å². The third-order valence-electron chi connectivity index (χ3n) is 7.81. The van der Waals surface area contributed by atoms with E-state index in [0.717, 1.165) is 28.6 Å². The summed E-state index contributed by atoms with van der Waals surface area (Å²) in [7, 11) is 0. The lowest BCUT2D eigenvalue weighted by atomic mass is 9.87. The molecule has 1 fully saturated rings. The van der Waals surface area contributed by atoms with Crippen LogP contribution >= 0.6 is 0 Å². The van der Waals surface area contributed by atoms with Gasteiger partial charge in [0, 0.05) is 71.9 Å². The summed E-state index contributed by atoms with van der Waals surface area (Å²) < 4.78 is 77.6. The Bertz CT molecular complexity index is 1270. The van der Waals surface area contributed by atoms with Gasteiger partial charge in [-0.2, -0.15) is 0 Å². The van der Waals surface area contributed by atoms with Gasteiger partial charge in [0.15, 0.2) is 0 Å². The predicted octanol–water partition coefficient (Wildman–Crippen LogP) is 6.49. The Labute approximate surface area is 219 Å². The van der Waals surface area contributed by atoms with Crippen LogP contribution < -0.4 is 4.74 Å². The van der Waals surface area contributed by atoms with Gasteiger partial charge in [-0.3, -0.25) is 9.80 Å². The predicted molar refractivity (Wildman–Crippen MR) is 138 cm³/mol. The molecule has 1 saturated heterocycles. The normalized spacial score (nSPS) is 22.1. The van der Waals surface area contributed by atoms with Crippen molar-refractivity contribution in [1.82, 2.24) is 14.8 Å². The molecule has 0 radical (unpaired) electrons. The molecule has 1 unspecified atom stereocenters. The van der Waals surface area contributed by atoms with Gasteiger partial charge < -0.3 is 9.72 Å². The summed E-state index contributed by atoms with van der Waals surface area (Å²) in [4.78, 5) is 7.04. The quantitative estimate of drug-likeness (QED) is 0.335. The van der Waals surface area contributed by atoms with Gasteiger partial charge in [0.25, 0.3) is 0 Å². The molecule has 0 bridgehead atoms. The Morgan fingerprint density at radius 3 is 2.39 bits per heavy atom. The number of halogens is 5. The molecule has 2 aliphatic rings. The topological polar surface area (TPSA) is 31.5 Å². The van der Waals surface area contributed by atoms with E-state index < -0.39 is 35.7 Å². The maximum absolute atomic E-state index is 15.7. The molecule has 3 aromatic rings. The summed E-state index contributed by atoms with van der Waals surface area (Å²) in [6.45, 7) is 7.37. The van der Waals surface area contributed by atoms with E-state index in [4.69, 9.17) is 4.74 Å². The number of likely N-dealkylation sites (tertiary alicyclic amines) is 1. The second-order valence-corrected chi connectivity index (χ2v) is 11.4. The van der Waals surface area contributed by atoms with Crippen LogP contribution in [0.25, 0.3) is 10.9 Å². The number of nitrogens with zero attached hydrogens (tertiary/aromatic N) is 2. The average molecular weight is 536 g/mol. The number of ether oxygens (including phenoxy) is 1. The summed E-state index contributed by atoms with van der Waals surface area (Å²) in [5.41, 5.74) is 0.778. The zero-order valence-corrected chi connectivity index (χ0v) is 22.1. The Balaban J connectivity index is 1.45. The minimum Gasteiger partial charge on any atom is -0.492 e. The lowest BCUT2D eigenvalue weighted by Crippen LogP contribution is -2.55. The number of aromatic nitrogens is 1.